The largest absolute Gasteiger partial charge is 0.369 e. The number of nitrogens with two attached hydrogens (primary N) is 1. The van der Waals surface area contributed by atoms with Crippen molar-refractivity contribution in [1.29, 1.82) is 0 Å². The monoisotopic (exact) mass is 332 g/mol. The highest BCUT2D eigenvalue weighted by atomic mass is 32.1. The van der Waals surface area contributed by atoms with Gasteiger partial charge in [-0.15, -0.1) is 11.3 Å². The van der Waals surface area contributed by atoms with Crippen molar-refractivity contribution in [2.75, 3.05) is 42.5 Å². The summed E-state index contributed by atoms with van der Waals surface area (Å²) in [6.07, 6.45) is 0. The topological polar surface area (TPSA) is 87.4 Å². The summed E-state index contributed by atoms with van der Waals surface area (Å²) in [6, 6.07) is 2.40. The second-order valence-electron chi connectivity index (χ2n) is 6.23. The van der Waals surface area contributed by atoms with E-state index < -0.39 is 0 Å². The third kappa shape index (κ3) is 2.51. The number of anilines is 2. The Bertz CT molecular complexity index is 741. The molecule has 0 radical (unpaired) electrons. The lowest BCUT2D eigenvalue weighted by Crippen LogP contribution is -2.53. The van der Waals surface area contributed by atoms with E-state index in [9.17, 15) is 4.79 Å². The summed E-state index contributed by atoms with van der Waals surface area (Å²) in [7, 11) is 0. The number of hydrogen-bond donors (Lipinski definition) is 2. The summed E-state index contributed by atoms with van der Waals surface area (Å²) in [4.78, 5) is 25.2. The predicted octanol–water partition coefficient (Wildman–Crippen LogP) is 0.411. The molecule has 0 bridgehead atoms. The number of rotatable bonds is 3. The van der Waals surface area contributed by atoms with E-state index in [1.54, 1.807) is 11.3 Å². The molecule has 1 atom stereocenters. The van der Waals surface area contributed by atoms with E-state index in [0.29, 0.717) is 19.1 Å². The second-order valence-corrected chi connectivity index (χ2v) is 7.15. The summed E-state index contributed by atoms with van der Waals surface area (Å²) >= 11 is 1.64. The summed E-state index contributed by atoms with van der Waals surface area (Å²) in [5, 5.41) is 5.43. The van der Waals surface area contributed by atoms with Gasteiger partial charge in [-0.05, 0) is 18.4 Å². The van der Waals surface area contributed by atoms with Crippen LogP contribution in [-0.4, -0.2) is 54.6 Å². The summed E-state index contributed by atoms with van der Waals surface area (Å²) in [5.41, 5.74) is 6.36. The number of amides is 1. The van der Waals surface area contributed by atoms with Gasteiger partial charge in [0.25, 0.3) is 0 Å². The summed E-state index contributed by atoms with van der Waals surface area (Å²) < 4.78 is 1.08. The second kappa shape index (κ2) is 5.61. The zero-order chi connectivity index (χ0) is 16.0. The Morgan fingerprint density at radius 2 is 2.26 bits per heavy atom. The van der Waals surface area contributed by atoms with Crippen molar-refractivity contribution < 1.29 is 4.79 Å². The van der Waals surface area contributed by atoms with Gasteiger partial charge in [0.2, 0.25) is 11.9 Å². The molecule has 2 aromatic heterocycles. The highest BCUT2D eigenvalue weighted by Crippen LogP contribution is 2.34. The van der Waals surface area contributed by atoms with Gasteiger partial charge in [0.15, 0.2) is 5.82 Å². The first kappa shape index (κ1) is 14.6. The van der Waals surface area contributed by atoms with E-state index >= 15 is 0 Å². The van der Waals surface area contributed by atoms with Gasteiger partial charge in [-0.1, -0.05) is 0 Å². The molecule has 2 aliphatic rings. The smallest absolute Gasteiger partial charge is 0.228 e. The van der Waals surface area contributed by atoms with E-state index in [0.717, 1.165) is 41.6 Å². The fourth-order valence-electron chi connectivity index (χ4n) is 3.15. The lowest BCUT2D eigenvalue weighted by molar-refractivity contribution is -0.122. The first-order chi connectivity index (χ1) is 11.1. The van der Waals surface area contributed by atoms with Gasteiger partial charge in [-0.3, -0.25) is 4.79 Å². The molecule has 2 aliphatic heterocycles. The molecule has 4 rings (SSSR count). The van der Waals surface area contributed by atoms with Crippen molar-refractivity contribution in [2.24, 2.45) is 11.7 Å². The Morgan fingerprint density at radius 1 is 1.43 bits per heavy atom. The zero-order valence-corrected chi connectivity index (χ0v) is 13.8. The van der Waals surface area contributed by atoms with E-state index in [1.165, 1.54) is 0 Å². The van der Waals surface area contributed by atoms with Gasteiger partial charge in [-0.25, -0.2) is 4.98 Å². The minimum absolute atomic E-state index is 0.0680. The van der Waals surface area contributed by atoms with Crippen LogP contribution in [0.3, 0.4) is 0 Å². The Labute approximate surface area is 138 Å². The molecule has 0 aliphatic carbocycles. The number of carbonyl (C=O) groups is 1. The Kier molecular flexibility index (Phi) is 3.57. The van der Waals surface area contributed by atoms with Crippen LogP contribution in [0.1, 0.15) is 6.92 Å². The normalized spacial score (nSPS) is 22.4. The Morgan fingerprint density at radius 3 is 3.00 bits per heavy atom. The minimum atomic E-state index is -0.228. The van der Waals surface area contributed by atoms with Crippen LogP contribution in [0.5, 0.6) is 0 Å². The maximum atomic E-state index is 11.3. The van der Waals surface area contributed by atoms with Crippen LogP contribution >= 0.6 is 11.3 Å². The Hall–Kier alpha value is -1.93. The number of fused-ring (bicyclic) bond motifs is 1. The zero-order valence-electron chi connectivity index (χ0n) is 13.0. The Balaban J connectivity index is 1.69. The van der Waals surface area contributed by atoms with Crippen molar-refractivity contribution in [1.82, 2.24) is 15.3 Å². The van der Waals surface area contributed by atoms with Crippen molar-refractivity contribution in [3.05, 3.63) is 11.4 Å². The SMILES string of the molecule is CC1CNCCN1c1nc(N2CC(C(N)=O)C2)c2sccc2n1. The quantitative estimate of drug-likeness (QED) is 0.847. The fraction of sp³-hybridized carbons (Fsp3) is 0.533. The first-order valence-electron chi connectivity index (χ1n) is 7.90. The molecule has 1 amide bonds. The van der Waals surface area contributed by atoms with Crippen molar-refractivity contribution >= 4 is 39.2 Å². The van der Waals surface area contributed by atoms with Crippen LogP contribution in [0.25, 0.3) is 10.2 Å². The van der Waals surface area contributed by atoms with E-state index in [4.69, 9.17) is 15.7 Å². The van der Waals surface area contributed by atoms with Crippen LogP contribution < -0.4 is 20.9 Å². The van der Waals surface area contributed by atoms with E-state index in [-0.39, 0.29) is 11.8 Å². The highest BCUT2D eigenvalue weighted by molar-refractivity contribution is 7.17. The average Bonchev–Trinajstić information content (AvgIpc) is 2.94. The molecule has 2 fully saturated rings. The van der Waals surface area contributed by atoms with Crippen molar-refractivity contribution in [3.63, 3.8) is 0 Å². The molecule has 2 saturated heterocycles. The number of aromatic nitrogens is 2. The lowest BCUT2D eigenvalue weighted by Gasteiger charge is -2.39. The minimum Gasteiger partial charge on any atom is -0.369 e. The third-order valence-electron chi connectivity index (χ3n) is 4.62. The maximum Gasteiger partial charge on any atom is 0.228 e. The first-order valence-corrected chi connectivity index (χ1v) is 8.78. The predicted molar refractivity (Wildman–Crippen MR) is 92.0 cm³/mol. The molecule has 0 aromatic carbocycles. The number of piperazine rings is 1. The molecule has 3 N–H and O–H groups in total. The van der Waals surface area contributed by atoms with Crippen LogP contribution in [0, 0.1) is 5.92 Å². The summed E-state index contributed by atoms with van der Waals surface area (Å²) in [6.45, 7) is 6.26. The van der Waals surface area contributed by atoms with Crippen LogP contribution in [-0.2, 0) is 4.79 Å². The molecular formula is C15H20N6OS. The van der Waals surface area contributed by atoms with E-state index in [1.807, 2.05) is 11.4 Å². The third-order valence-corrected chi connectivity index (χ3v) is 5.52. The molecule has 122 valence electrons. The standard InChI is InChI=1S/C15H20N6OS/c1-9-6-17-3-4-21(9)15-18-11-2-5-23-12(11)14(19-15)20-7-10(8-20)13(16)22/h2,5,9-10,17H,3-4,6-8H2,1H3,(H2,16,22). The molecule has 7 nitrogen and oxygen atoms in total. The number of primary amides is 1. The molecule has 4 heterocycles. The fourth-order valence-corrected chi connectivity index (χ4v) is 4.00. The van der Waals surface area contributed by atoms with Gasteiger partial charge in [0.1, 0.15) is 0 Å². The van der Waals surface area contributed by atoms with Gasteiger partial charge in [-0.2, -0.15) is 4.98 Å². The van der Waals surface area contributed by atoms with Crippen LogP contribution in [0.15, 0.2) is 11.4 Å². The van der Waals surface area contributed by atoms with Crippen molar-refractivity contribution in [2.45, 2.75) is 13.0 Å². The number of hydrogen-bond acceptors (Lipinski definition) is 7. The van der Waals surface area contributed by atoms with Gasteiger partial charge >= 0.3 is 0 Å². The number of thiophene rings is 1. The molecule has 0 spiro atoms. The highest BCUT2D eigenvalue weighted by Gasteiger charge is 2.34. The maximum absolute atomic E-state index is 11.3. The van der Waals surface area contributed by atoms with Gasteiger partial charge in [0.05, 0.1) is 16.1 Å². The molecule has 8 heteroatoms. The molecule has 0 saturated carbocycles. The molecular weight excluding hydrogens is 312 g/mol. The number of nitrogens with zero attached hydrogens (tertiary/aromatic N) is 4. The van der Waals surface area contributed by atoms with Crippen LogP contribution in [0.2, 0.25) is 0 Å². The molecule has 23 heavy (non-hydrogen) atoms. The van der Waals surface area contributed by atoms with Crippen LogP contribution in [0.4, 0.5) is 11.8 Å². The molecule has 2 aromatic rings. The van der Waals surface area contributed by atoms with Gasteiger partial charge < -0.3 is 20.9 Å². The van der Waals surface area contributed by atoms with Gasteiger partial charge in [0, 0.05) is 38.8 Å². The average molecular weight is 332 g/mol. The molecule has 1 unspecified atom stereocenters. The van der Waals surface area contributed by atoms with Crippen molar-refractivity contribution in [3.8, 4) is 0 Å². The summed E-state index contributed by atoms with van der Waals surface area (Å²) in [5.74, 6) is 1.42. The van der Waals surface area contributed by atoms with E-state index in [2.05, 4.69) is 22.0 Å². The lowest BCUT2D eigenvalue weighted by atomic mass is 10.00. The number of carbonyl (C=O) groups excluding carboxylic acids is 1. The number of nitrogens with one attached hydrogen (secondary N) is 1.